The molecule has 0 bridgehead atoms. The van der Waals surface area contributed by atoms with Crippen molar-refractivity contribution in [1.82, 2.24) is 19.8 Å². The van der Waals surface area contributed by atoms with Gasteiger partial charge in [0, 0.05) is 58.0 Å². The van der Waals surface area contributed by atoms with Gasteiger partial charge < -0.3 is 10.0 Å². The minimum atomic E-state index is -0.845. The molecule has 2 saturated heterocycles. The summed E-state index contributed by atoms with van der Waals surface area (Å²) in [5.41, 5.74) is 0.905. The number of amides is 1. The quantitative estimate of drug-likeness (QED) is 0.855. The van der Waals surface area contributed by atoms with Crippen molar-refractivity contribution in [3.05, 3.63) is 23.8 Å². The van der Waals surface area contributed by atoms with Crippen LogP contribution in [-0.4, -0.2) is 62.9 Å². The molecule has 2 atom stereocenters. The summed E-state index contributed by atoms with van der Waals surface area (Å²) in [6, 6.07) is 0. The Morgan fingerprint density at radius 2 is 2.05 bits per heavy atom. The largest absolute Gasteiger partial charge is 0.481 e. The molecule has 0 aliphatic carbocycles. The minimum absolute atomic E-state index is 0.0223. The van der Waals surface area contributed by atoms with Crippen LogP contribution < -0.4 is 0 Å². The summed E-state index contributed by atoms with van der Waals surface area (Å²) < 4.78 is 0. The Kier molecular flexibility index (Phi) is 3.60. The van der Waals surface area contributed by atoms with Crippen LogP contribution in [0.25, 0.3) is 0 Å². The maximum absolute atomic E-state index is 11.8. The standard InChI is InChI=1S/C15H20N4O3/c1-10-13(17-4-3-16-10)7-18-5-12-6-19(11(2)20)9-15(12,8-18)14(21)22/h3-4,12H,5-9H2,1-2H3,(H,21,22). The molecule has 2 aliphatic rings. The van der Waals surface area contributed by atoms with Crippen molar-refractivity contribution in [3.8, 4) is 0 Å². The predicted molar refractivity (Wildman–Crippen MR) is 77.9 cm³/mol. The molecule has 1 aromatic heterocycles. The fourth-order valence-electron chi connectivity index (χ4n) is 3.64. The molecule has 3 rings (SSSR count). The van der Waals surface area contributed by atoms with Gasteiger partial charge in [0.25, 0.3) is 0 Å². The number of carbonyl (C=O) groups is 2. The highest BCUT2D eigenvalue weighted by atomic mass is 16.4. The fourth-order valence-corrected chi connectivity index (χ4v) is 3.64. The Labute approximate surface area is 129 Å². The Hall–Kier alpha value is -2.02. The van der Waals surface area contributed by atoms with E-state index in [-0.39, 0.29) is 11.8 Å². The summed E-state index contributed by atoms with van der Waals surface area (Å²) in [7, 11) is 0. The molecule has 22 heavy (non-hydrogen) atoms. The summed E-state index contributed by atoms with van der Waals surface area (Å²) in [6.07, 6.45) is 3.31. The second kappa shape index (κ2) is 5.31. The fraction of sp³-hybridized carbons (Fsp3) is 0.600. The van der Waals surface area contributed by atoms with E-state index >= 15 is 0 Å². The van der Waals surface area contributed by atoms with Gasteiger partial charge in [-0.25, -0.2) is 0 Å². The first-order valence-corrected chi connectivity index (χ1v) is 7.40. The molecule has 7 nitrogen and oxygen atoms in total. The number of hydrogen-bond acceptors (Lipinski definition) is 5. The first kappa shape index (κ1) is 14.9. The van der Waals surface area contributed by atoms with Crippen molar-refractivity contribution in [2.24, 2.45) is 11.3 Å². The van der Waals surface area contributed by atoms with E-state index in [2.05, 4.69) is 14.9 Å². The summed E-state index contributed by atoms with van der Waals surface area (Å²) in [6.45, 7) is 5.96. The lowest BCUT2D eigenvalue weighted by Crippen LogP contribution is -2.41. The smallest absolute Gasteiger partial charge is 0.313 e. The summed E-state index contributed by atoms with van der Waals surface area (Å²) in [4.78, 5) is 35.7. The van der Waals surface area contributed by atoms with Crippen molar-refractivity contribution in [2.45, 2.75) is 20.4 Å². The van der Waals surface area contributed by atoms with Gasteiger partial charge in [0.1, 0.15) is 5.41 Å². The molecule has 1 amide bonds. The van der Waals surface area contributed by atoms with Gasteiger partial charge in [-0.1, -0.05) is 0 Å². The first-order valence-electron chi connectivity index (χ1n) is 7.40. The minimum Gasteiger partial charge on any atom is -0.481 e. The molecule has 0 saturated carbocycles. The van der Waals surface area contributed by atoms with Gasteiger partial charge in [-0.05, 0) is 6.92 Å². The highest BCUT2D eigenvalue weighted by Gasteiger charge is 2.58. The SMILES string of the molecule is CC(=O)N1CC2CN(Cc3nccnc3C)CC2(C(=O)O)C1. The summed E-state index contributed by atoms with van der Waals surface area (Å²) in [5, 5.41) is 9.72. The van der Waals surface area contributed by atoms with Crippen molar-refractivity contribution in [3.63, 3.8) is 0 Å². The van der Waals surface area contributed by atoms with Crippen LogP contribution in [0, 0.1) is 18.3 Å². The number of aromatic nitrogens is 2. The second-order valence-electron chi connectivity index (χ2n) is 6.32. The van der Waals surface area contributed by atoms with Gasteiger partial charge in [0.2, 0.25) is 5.91 Å². The molecule has 1 aromatic rings. The van der Waals surface area contributed by atoms with E-state index in [1.807, 2.05) is 6.92 Å². The highest BCUT2D eigenvalue weighted by molar-refractivity contribution is 5.80. The Morgan fingerprint density at radius 3 is 2.64 bits per heavy atom. The number of carboxylic acid groups (broad SMARTS) is 1. The number of aliphatic carboxylic acids is 1. The molecule has 118 valence electrons. The second-order valence-corrected chi connectivity index (χ2v) is 6.32. The zero-order valence-corrected chi connectivity index (χ0v) is 12.8. The van der Waals surface area contributed by atoms with Crippen LogP contribution in [0.15, 0.2) is 12.4 Å². The highest BCUT2D eigenvalue weighted by Crippen LogP contribution is 2.43. The van der Waals surface area contributed by atoms with E-state index < -0.39 is 11.4 Å². The summed E-state index contributed by atoms with van der Waals surface area (Å²) in [5.74, 6) is -0.878. The molecule has 0 radical (unpaired) electrons. The normalized spacial score (nSPS) is 27.9. The van der Waals surface area contributed by atoms with Crippen molar-refractivity contribution in [2.75, 3.05) is 26.2 Å². The lowest BCUT2D eigenvalue weighted by Gasteiger charge is -2.25. The number of rotatable bonds is 3. The number of aryl methyl sites for hydroxylation is 1. The Bertz CT molecular complexity index is 621. The van der Waals surface area contributed by atoms with Crippen LogP contribution >= 0.6 is 0 Å². The van der Waals surface area contributed by atoms with Gasteiger partial charge in [0.15, 0.2) is 0 Å². The van der Waals surface area contributed by atoms with E-state index in [1.54, 1.807) is 17.3 Å². The molecule has 2 fully saturated rings. The van der Waals surface area contributed by atoms with Gasteiger partial charge in [-0.3, -0.25) is 24.5 Å². The van der Waals surface area contributed by atoms with Crippen LogP contribution in [0.5, 0.6) is 0 Å². The number of fused-ring (bicyclic) bond motifs is 1. The predicted octanol–water partition coefficient (Wildman–Crippen LogP) is 0.150. The van der Waals surface area contributed by atoms with Crippen LogP contribution in [0.2, 0.25) is 0 Å². The number of carboxylic acids is 1. The number of hydrogen-bond donors (Lipinski definition) is 1. The maximum atomic E-state index is 11.8. The average Bonchev–Trinajstić information content (AvgIpc) is 2.96. The average molecular weight is 304 g/mol. The lowest BCUT2D eigenvalue weighted by molar-refractivity contribution is -0.149. The molecule has 0 aromatic carbocycles. The third kappa shape index (κ3) is 2.35. The Balaban J connectivity index is 1.77. The van der Waals surface area contributed by atoms with Gasteiger partial charge in [0.05, 0.1) is 11.4 Å². The van der Waals surface area contributed by atoms with Gasteiger partial charge >= 0.3 is 5.97 Å². The zero-order valence-electron chi connectivity index (χ0n) is 12.8. The zero-order chi connectivity index (χ0) is 15.9. The topological polar surface area (TPSA) is 86.6 Å². The molecule has 7 heteroatoms. The van der Waals surface area contributed by atoms with Crippen molar-refractivity contribution in [1.29, 1.82) is 0 Å². The van der Waals surface area contributed by atoms with Crippen LogP contribution in [0.4, 0.5) is 0 Å². The molecule has 2 unspecified atom stereocenters. The summed E-state index contributed by atoms with van der Waals surface area (Å²) >= 11 is 0. The molecule has 2 aliphatic heterocycles. The van der Waals surface area contributed by atoms with Crippen molar-refractivity contribution < 1.29 is 14.7 Å². The van der Waals surface area contributed by atoms with Crippen LogP contribution in [0.3, 0.4) is 0 Å². The van der Waals surface area contributed by atoms with Crippen molar-refractivity contribution >= 4 is 11.9 Å². The van der Waals surface area contributed by atoms with Crippen LogP contribution in [-0.2, 0) is 16.1 Å². The van der Waals surface area contributed by atoms with Crippen LogP contribution in [0.1, 0.15) is 18.3 Å². The third-order valence-corrected chi connectivity index (χ3v) is 4.91. The first-order chi connectivity index (χ1) is 10.4. The number of carbonyl (C=O) groups excluding carboxylic acids is 1. The molecular weight excluding hydrogens is 284 g/mol. The number of likely N-dealkylation sites (tertiary alicyclic amines) is 2. The third-order valence-electron chi connectivity index (χ3n) is 4.91. The van der Waals surface area contributed by atoms with E-state index in [1.165, 1.54) is 6.92 Å². The van der Waals surface area contributed by atoms with Gasteiger partial charge in [-0.15, -0.1) is 0 Å². The van der Waals surface area contributed by atoms with E-state index in [4.69, 9.17) is 0 Å². The molecule has 3 heterocycles. The monoisotopic (exact) mass is 304 g/mol. The van der Waals surface area contributed by atoms with E-state index in [9.17, 15) is 14.7 Å². The van der Waals surface area contributed by atoms with E-state index in [0.717, 1.165) is 11.4 Å². The van der Waals surface area contributed by atoms with E-state index in [0.29, 0.717) is 32.7 Å². The Morgan fingerprint density at radius 1 is 1.32 bits per heavy atom. The van der Waals surface area contributed by atoms with Gasteiger partial charge in [-0.2, -0.15) is 0 Å². The maximum Gasteiger partial charge on any atom is 0.313 e. The lowest BCUT2D eigenvalue weighted by atomic mass is 9.81. The molecular formula is C15H20N4O3. The molecule has 0 spiro atoms. The molecule has 1 N–H and O–H groups in total. The number of nitrogens with zero attached hydrogens (tertiary/aromatic N) is 4.